The smallest absolute Gasteiger partial charge is 0.323 e. The standard InChI is InChI=1S/C13H20N4O4/c1-16-6-4-11(15-16)14-13(20)17-7-2-10(3-8-17)21-9-5-12(18)19/h4,6,10H,2-3,5,7-9H2,1H3,(H,18,19)(H,14,15,20). The Hall–Kier alpha value is -2.09. The highest BCUT2D eigenvalue weighted by Gasteiger charge is 2.23. The summed E-state index contributed by atoms with van der Waals surface area (Å²) in [6.07, 6.45) is 3.24. The van der Waals surface area contributed by atoms with Crippen molar-refractivity contribution in [3.63, 3.8) is 0 Å². The van der Waals surface area contributed by atoms with Gasteiger partial charge in [0.2, 0.25) is 0 Å². The van der Waals surface area contributed by atoms with Crippen molar-refractivity contribution in [2.45, 2.75) is 25.4 Å². The van der Waals surface area contributed by atoms with E-state index < -0.39 is 5.97 Å². The predicted octanol–water partition coefficient (Wildman–Crippen LogP) is 0.908. The van der Waals surface area contributed by atoms with Gasteiger partial charge in [0.05, 0.1) is 19.1 Å². The van der Waals surface area contributed by atoms with Crippen LogP contribution in [-0.4, -0.2) is 57.6 Å². The summed E-state index contributed by atoms with van der Waals surface area (Å²) in [5.41, 5.74) is 0. The van der Waals surface area contributed by atoms with Gasteiger partial charge in [0.1, 0.15) is 0 Å². The number of ether oxygens (including phenoxy) is 1. The van der Waals surface area contributed by atoms with Crippen molar-refractivity contribution in [2.24, 2.45) is 7.05 Å². The van der Waals surface area contributed by atoms with Gasteiger partial charge >= 0.3 is 12.0 Å². The zero-order chi connectivity index (χ0) is 15.2. The van der Waals surface area contributed by atoms with Crippen LogP contribution < -0.4 is 5.32 Å². The molecule has 1 aliphatic rings. The first-order valence-corrected chi connectivity index (χ1v) is 6.93. The molecule has 8 nitrogen and oxygen atoms in total. The van der Waals surface area contributed by atoms with Gasteiger partial charge in [-0.05, 0) is 12.8 Å². The number of carbonyl (C=O) groups excluding carboxylic acids is 1. The minimum absolute atomic E-state index is 0.0143. The normalized spacial score (nSPS) is 16.0. The summed E-state index contributed by atoms with van der Waals surface area (Å²) in [6, 6.07) is 1.57. The van der Waals surface area contributed by atoms with Crippen LogP contribution in [0.25, 0.3) is 0 Å². The van der Waals surface area contributed by atoms with E-state index in [2.05, 4.69) is 10.4 Å². The van der Waals surface area contributed by atoms with Crippen molar-refractivity contribution in [1.29, 1.82) is 0 Å². The lowest BCUT2D eigenvalue weighted by atomic mass is 10.1. The summed E-state index contributed by atoms with van der Waals surface area (Å²) >= 11 is 0. The highest BCUT2D eigenvalue weighted by atomic mass is 16.5. The van der Waals surface area contributed by atoms with Crippen LogP contribution in [0.5, 0.6) is 0 Å². The summed E-state index contributed by atoms with van der Waals surface area (Å²) in [4.78, 5) is 24.2. The van der Waals surface area contributed by atoms with Crippen LogP contribution in [0.1, 0.15) is 19.3 Å². The lowest BCUT2D eigenvalue weighted by Gasteiger charge is -2.31. The lowest BCUT2D eigenvalue weighted by molar-refractivity contribution is -0.138. The maximum atomic E-state index is 12.0. The maximum absolute atomic E-state index is 12.0. The van der Waals surface area contributed by atoms with Crippen molar-refractivity contribution < 1.29 is 19.4 Å². The molecule has 0 saturated carbocycles. The number of likely N-dealkylation sites (tertiary alicyclic amines) is 1. The largest absolute Gasteiger partial charge is 0.481 e. The number of hydrogen-bond donors (Lipinski definition) is 2. The predicted molar refractivity (Wildman–Crippen MR) is 75.0 cm³/mol. The SMILES string of the molecule is Cn1ccc(NC(=O)N2CCC(OCCC(=O)O)CC2)n1. The molecule has 1 aromatic rings. The van der Waals surface area contributed by atoms with Gasteiger partial charge in [0.25, 0.3) is 0 Å². The zero-order valence-corrected chi connectivity index (χ0v) is 12.0. The molecule has 0 aliphatic carbocycles. The van der Waals surface area contributed by atoms with Crippen molar-refractivity contribution in [3.05, 3.63) is 12.3 Å². The number of rotatable bonds is 5. The molecule has 21 heavy (non-hydrogen) atoms. The van der Waals surface area contributed by atoms with Crippen LogP contribution in [0, 0.1) is 0 Å². The molecule has 116 valence electrons. The van der Waals surface area contributed by atoms with Gasteiger partial charge < -0.3 is 14.7 Å². The van der Waals surface area contributed by atoms with Crippen molar-refractivity contribution >= 4 is 17.8 Å². The molecule has 2 amide bonds. The van der Waals surface area contributed by atoms with E-state index in [0.717, 1.165) is 12.8 Å². The number of carboxylic acid groups (broad SMARTS) is 1. The van der Waals surface area contributed by atoms with Gasteiger partial charge in [0, 0.05) is 32.4 Å². The van der Waals surface area contributed by atoms with Crippen LogP contribution in [0.2, 0.25) is 0 Å². The van der Waals surface area contributed by atoms with Gasteiger partial charge in [-0.25, -0.2) is 4.79 Å². The topological polar surface area (TPSA) is 96.7 Å². The Bertz CT molecular complexity index is 494. The molecule has 1 saturated heterocycles. The number of nitrogens with one attached hydrogen (secondary N) is 1. The van der Waals surface area contributed by atoms with Crippen molar-refractivity contribution in [3.8, 4) is 0 Å². The monoisotopic (exact) mass is 296 g/mol. The molecule has 1 aliphatic heterocycles. The number of amides is 2. The zero-order valence-electron chi connectivity index (χ0n) is 12.0. The molecule has 1 aromatic heterocycles. The second-order valence-electron chi connectivity index (χ2n) is 5.01. The molecule has 0 aromatic carbocycles. The minimum atomic E-state index is -0.859. The van der Waals surface area contributed by atoms with E-state index in [1.165, 1.54) is 0 Å². The van der Waals surface area contributed by atoms with E-state index in [9.17, 15) is 9.59 Å². The fourth-order valence-corrected chi connectivity index (χ4v) is 2.21. The highest BCUT2D eigenvalue weighted by Crippen LogP contribution is 2.15. The fourth-order valence-electron chi connectivity index (χ4n) is 2.21. The van der Waals surface area contributed by atoms with Gasteiger partial charge in [0.15, 0.2) is 5.82 Å². The van der Waals surface area contributed by atoms with Crippen LogP contribution in [0.15, 0.2) is 12.3 Å². The Labute approximate surface area is 122 Å². The quantitative estimate of drug-likeness (QED) is 0.841. The molecule has 2 heterocycles. The number of aromatic nitrogens is 2. The van der Waals surface area contributed by atoms with E-state index >= 15 is 0 Å². The molecule has 0 unspecified atom stereocenters. The van der Waals surface area contributed by atoms with Gasteiger partial charge in [-0.3, -0.25) is 14.8 Å². The Kier molecular flexibility index (Phi) is 5.15. The van der Waals surface area contributed by atoms with E-state index in [-0.39, 0.29) is 25.2 Å². The average molecular weight is 296 g/mol. The maximum Gasteiger partial charge on any atom is 0.323 e. The second-order valence-corrected chi connectivity index (χ2v) is 5.01. The Morgan fingerprint density at radius 3 is 2.76 bits per heavy atom. The van der Waals surface area contributed by atoms with E-state index in [1.807, 2.05) is 0 Å². The number of hydrogen-bond acceptors (Lipinski definition) is 4. The second kappa shape index (κ2) is 7.07. The Morgan fingerprint density at radius 1 is 1.48 bits per heavy atom. The molecule has 0 radical (unpaired) electrons. The number of nitrogens with zero attached hydrogens (tertiary/aromatic N) is 3. The van der Waals surface area contributed by atoms with E-state index in [4.69, 9.17) is 9.84 Å². The summed E-state index contributed by atoms with van der Waals surface area (Å²) in [5, 5.41) is 15.4. The molecule has 8 heteroatoms. The molecule has 2 N–H and O–H groups in total. The number of anilines is 1. The van der Waals surface area contributed by atoms with Crippen LogP contribution in [-0.2, 0) is 16.6 Å². The molecule has 0 spiro atoms. The summed E-state index contributed by atoms with van der Waals surface area (Å²) in [6.45, 7) is 1.41. The number of carbonyl (C=O) groups is 2. The van der Waals surface area contributed by atoms with E-state index in [1.54, 1.807) is 28.9 Å². The number of piperidine rings is 1. The van der Waals surface area contributed by atoms with Crippen LogP contribution in [0.3, 0.4) is 0 Å². The van der Waals surface area contributed by atoms with Crippen molar-refractivity contribution in [1.82, 2.24) is 14.7 Å². The first kappa shape index (κ1) is 15.3. The molecule has 0 bridgehead atoms. The third-order valence-electron chi connectivity index (χ3n) is 3.35. The number of carboxylic acids is 1. The van der Waals surface area contributed by atoms with Crippen LogP contribution in [0.4, 0.5) is 10.6 Å². The molecular formula is C13H20N4O4. The molecular weight excluding hydrogens is 276 g/mol. The molecule has 0 atom stereocenters. The molecule has 1 fully saturated rings. The fraction of sp³-hybridized carbons (Fsp3) is 0.615. The Balaban J connectivity index is 1.70. The third-order valence-corrected chi connectivity index (χ3v) is 3.35. The highest BCUT2D eigenvalue weighted by molar-refractivity contribution is 5.88. The van der Waals surface area contributed by atoms with Gasteiger partial charge in [-0.2, -0.15) is 5.10 Å². The average Bonchev–Trinajstić information content (AvgIpc) is 2.84. The first-order valence-electron chi connectivity index (χ1n) is 6.93. The lowest BCUT2D eigenvalue weighted by Crippen LogP contribution is -2.43. The first-order chi connectivity index (χ1) is 10.0. The Morgan fingerprint density at radius 2 is 2.19 bits per heavy atom. The van der Waals surface area contributed by atoms with Gasteiger partial charge in [-0.1, -0.05) is 0 Å². The van der Waals surface area contributed by atoms with Crippen molar-refractivity contribution in [2.75, 3.05) is 25.0 Å². The summed E-state index contributed by atoms with van der Waals surface area (Å²) < 4.78 is 7.11. The molecule has 2 rings (SSSR count). The van der Waals surface area contributed by atoms with Gasteiger partial charge in [-0.15, -0.1) is 0 Å². The summed E-state index contributed by atoms with van der Waals surface area (Å²) in [7, 11) is 1.79. The van der Waals surface area contributed by atoms with Crippen LogP contribution >= 0.6 is 0 Å². The third kappa shape index (κ3) is 4.75. The minimum Gasteiger partial charge on any atom is -0.481 e. The number of urea groups is 1. The summed E-state index contributed by atoms with van der Waals surface area (Å²) in [5.74, 6) is -0.329. The van der Waals surface area contributed by atoms with E-state index in [0.29, 0.717) is 18.9 Å². The number of aliphatic carboxylic acids is 1. The number of aryl methyl sites for hydroxylation is 1.